The summed E-state index contributed by atoms with van der Waals surface area (Å²) in [5, 5.41) is 11.9. The molecule has 302 valence electrons. The second-order valence-electron chi connectivity index (χ2n) is 16.8. The van der Waals surface area contributed by atoms with Gasteiger partial charge in [0.1, 0.15) is 0 Å². The van der Waals surface area contributed by atoms with Crippen molar-refractivity contribution in [2.24, 2.45) is 0 Å². The predicted octanol–water partition coefficient (Wildman–Crippen LogP) is 15.7. The maximum Gasteiger partial charge on any atom is 0.164 e. The van der Waals surface area contributed by atoms with E-state index in [1.165, 1.54) is 63.7 Å². The van der Waals surface area contributed by atoms with Crippen LogP contribution in [0.2, 0.25) is 0 Å². The first kappa shape index (κ1) is 36.1. The number of hydrogen-bond donors (Lipinski definition) is 0. The highest BCUT2D eigenvalue weighted by atomic mass is 32.1. The van der Waals surface area contributed by atoms with Crippen LogP contribution in [0.5, 0.6) is 0 Å². The zero-order valence-corrected chi connectivity index (χ0v) is 35.7. The number of para-hydroxylation sites is 3. The lowest BCUT2D eigenvalue weighted by Gasteiger charge is -2.14. The summed E-state index contributed by atoms with van der Waals surface area (Å²) in [5.41, 5.74) is 9.80. The maximum atomic E-state index is 5.34. The van der Waals surface area contributed by atoms with Crippen LogP contribution in [-0.4, -0.2) is 24.1 Å². The van der Waals surface area contributed by atoms with Gasteiger partial charge in [-0.25, -0.2) is 15.0 Å². The van der Waals surface area contributed by atoms with Crippen molar-refractivity contribution in [3.63, 3.8) is 0 Å². The van der Waals surface area contributed by atoms with Crippen LogP contribution in [0.3, 0.4) is 0 Å². The van der Waals surface area contributed by atoms with E-state index >= 15 is 0 Å². The second-order valence-corrected chi connectivity index (χ2v) is 17.8. The van der Waals surface area contributed by atoms with E-state index in [-0.39, 0.29) is 0 Å². The van der Waals surface area contributed by atoms with Crippen LogP contribution in [0.4, 0.5) is 0 Å². The third-order valence-electron chi connectivity index (χ3n) is 13.1. The molecule has 0 fully saturated rings. The minimum absolute atomic E-state index is 0.642. The Morgan fingerprint density at radius 3 is 1.65 bits per heavy atom. The summed E-state index contributed by atoms with van der Waals surface area (Å²) >= 11 is 1.85. The zero-order valence-electron chi connectivity index (χ0n) is 34.9. The summed E-state index contributed by atoms with van der Waals surface area (Å²) in [5.74, 6) is 1.93. The quantitative estimate of drug-likeness (QED) is 0.173. The Morgan fingerprint density at radius 1 is 0.308 bits per heavy atom. The van der Waals surface area contributed by atoms with Crippen molar-refractivity contribution < 1.29 is 0 Å². The van der Waals surface area contributed by atoms with Crippen LogP contribution in [-0.2, 0) is 0 Å². The Labute approximate surface area is 376 Å². The van der Waals surface area contributed by atoms with Crippen molar-refractivity contribution in [3.05, 3.63) is 212 Å². The molecule has 0 saturated carbocycles. The molecule has 0 aliphatic rings. The molecule has 14 rings (SSSR count). The summed E-state index contributed by atoms with van der Waals surface area (Å²) in [6, 6.07) is 76.2. The highest BCUT2D eigenvalue weighted by molar-refractivity contribution is 7.26. The van der Waals surface area contributed by atoms with Crippen molar-refractivity contribution in [1.29, 1.82) is 0 Å². The number of benzene rings is 10. The smallest absolute Gasteiger partial charge is 0.164 e. The highest BCUT2D eigenvalue weighted by Gasteiger charge is 2.22. The van der Waals surface area contributed by atoms with E-state index in [0.29, 0.717) is 17.5 Å². The summed E-state index contributed by atoms with van der Waals surface area (Å²) in [4.78, 5) is 15.8. The monoisotopic (exact) mass is 845 g/mol. The third-order valence-corrected chi connectivity index (χ3v) is 14.3. The Bertz CT molecular complexity index is 4240. The predicted molar refractivity (Wildman–Crippen MR) is 273 cm³/mol. The largest absolute Gasteiger partial charge is 0.309 e. The summed E-state index contributed by atoms with van der Waals surface area (Å²) in [6.45, 7) is 0. The number of thiophene rings is 1. The van der Waals surface area contributed by atoms with Crippen LogP contribution in [0, 0.1) is 0 Å². The molecular weight excluding hydrogens is 811 g/mol. The van der Waals surface area contributed by atoms with Gasteiger partial charge in [-0.3, -0.25) is 0 Å². The fourth-order valence-electron chi connectivity index (χ4n) is 10.1. The molecule has 0 radical (unpaired) electrons. The topological polar surface area (TPSA) is 48.5 Å². The van der Waals surface area contributed by atoms with Crippen LogP contribution in [0.1, 0.15) is 0 Å². The van der Waals surface area contributed by atoms with Crippen LogP contribution in [0.15, 0.2) is 212 Å². The Hall–Kier alpha value is -8.45. The van der Waals surface area contributed by atoms with E-state index < -0.39 is 0 Å². The van der Waals surface area contributed by atoms with E-state index in [4.69, 9.17) is 15.0 Å². The van der Waals surface area contributed by atoms with Crippen LogP contribution < -0.4 is 0 Å². The number of fused-ring (bicyclic) bond motifs is 12. The van der Waals surface area contributed by atoms with Crippen molar-refractivity contribution >= 4 is 96.7 Å². The van der Waals surface area contributed by atoms with Gasteiger partial charge in [-0.1, -0.05) is 146 Å². The summed E-state index contributed by atoms with van der Waals surface area (Å²) in [7, 11) is 0. The van der Waals surface area contributed by atoms with E-state index in [1.807, 2.05) is 29.5 Å². The molecule has 4 heterocycles. The number of hydrogen-bond acceptors (Lipinski definition) is 4. The average Bonchev–Trinajstić information content (AvgIpc) is 4.03. The molecule has 0 bridgehead atoms. The van der Waals surface area contributed by atoms with Gasteiger partial charge in [-0.05, 0) is 82.9 Å². The van der Waals surface area contributed by atoms with Gasteiger partial charge < -0.3 is 9.13 Å². The van der Waals surface area contributed by atoms with Crippen molar-refractivity contribution in [1.82, 2.24) is 24.1 Å². The molecule has 0 aliphatic heterocycles. The molecule has 0 unspecified atom stereocenters. The molecule has 0 amide bonds. The standard InChI is InChI=1S/C59H35N5S/c1-3-16-37(17-4-1)57-60-58(39-28-27-36-15-7-8-18-38(36)31-39)62-59(61-57)50-34-49-45-23-11-14-26-55(45)65-56(49)48-32-41(29-30-42(48)50)64-52-25-13-10-22-44(52)47-33-46-43-21-9-12-24-51(43)63(53(46)35-54(47)64)40-19-5-2-6-20-40/h1-35H. The van der Waals surface area contributed by atoms with Gasteiger partial charge in [-0.2, -0.15) is 0 Å². The molecule has 65 heavy (non-hydrogen) atoms. The molecular formula is C59H35N5S. The summed E-state index contributed by atoms with van der Waals surface area (Å²) < 4.78 is 7.35. The second kappa shape index (κ2) is 14.0. The Balaban J connectivity index is 1.05. The summed E-state index contributed by atoms with van der Waals surface area (Å²) in [6.07, 6.45) is 0. The lowest BCUT2D eigenvalue weighted by molar-refractivity contribution is 1.08. The molecule has 0 N–H and O–H groups in total. The first-order chi connectivity index (χ1) is 32.2. The van der Waals surface area contributed by atoms with E-state index in [2.05, 4.69) is 203 Å². The Morgan fingerprint density at radius 2 is 0.892 bits per heavy atom. The average molecular weight is 846 g/mol. The zero-order chi connectivity index (χ0) is 42.6. The minimum Gasteiger partial charge on any atom is -0.309 e. The molecule has 0 aliphatic carbocycles. The Kier molecular flexibility index (Phi) is 7.79. The minimum atomic E-state index is 0.642. The normalized spacial score (nSPS) is 12.0. The first-order valence-electron chi connectivity index (χ1n) is 21.9. The molecule has 0 atom stereocenters. The van der Waals surface area contributed by atoms with Crippen molar-refractivity contribution in [2.45, 2.75) is 0 Å². The fraction of sp³-hybridized carbons (Fsp3) is 0. The number of aromatic nitrogens is 5. The molecule has 0 saturated heterocycles. The lowest BCUT2D eigenvalue weighted by atomic mass is 9.99. The van der Waals surface area contributed by atoms with E-state index in [0.717, 1.165) is 49.7 Å². The van der Waals surface area contributed by atoms with Crippen molar-refractivity contribution in [3.8, 4) is 45.5 Å². The van der Waals surface area contributed by atoms with E-state index in [9.17, 15) is 0 Å². The van der Waals surface area contributed by atoms with Gasteiger partial charge >= 0.3 is 0 Å². The van der Waals surface area contributed by atoms with Gasteiger partial charge in [0.25, 0.3) is 0 Å². The maximum absolute atomic E-state index is 5.34. The molecule has 10 aromatic carbocycles. The van der Waals surface area contributed by atoms with Gasteiger partial charge in [0, 0.05) is 75.2 Å². The fourth-order valence-corrected chi connectivity index (χ4v) is 11.4. The highest BCUT2D eigenvalue weighted by Crippen LogP contribution is 2.45. The molecule has 5 nitrogen and oxygen atoms in total. The van der Waals surface area contributed by atoms with Crippen molar-refractivity contribution in [2.75, 3.05) is 0 Å². The van der Waals surface area contributed by atoms with Gasteiger partial charge in [-0.15, -0.1) is 11.3 Å². The molecule has 6 heteroatoms. The SMILES string of the molecule is c1ccc(-c2nc(-c3ccc4ccccc4c3)nc(-c3cc4c5ccccc5sc4c4cc(-n5c6ccccc6c6cc7c8ccccc8n(-c8ccccc8)c7cc65)ccc34)n2)cc1. The number of rotatable bonds is 5. The molecule has 4 aromatic heterocycles. The molecule has 0 spiro atoms. The third kappa shape index (κ3) is 5.54. The van der Waals surface area contributed by atoms with Crippen LogP contribution in [0.25, 0.3) is 131 Å². The first-order valence-corrected chi connectivity index (χ1v) is 22.7. The van der Waals surface area contributed by atoms with Crippen LogP contribution >= 0.6 is 11.3 Å². The van der Waals surface area contributed by atoms with Gasteiger partial charge in [0.2, 0.25) is 0 Å². The molecule has 14 aromatic rings. The number of nitrogens with zero attached hydrogens (tertiary/aromatic N) is 5. The van der Waals surface area contributed by atoms with Gasteiger partial charge in [0.05, 0.1) is 22.1 Å². The lowest BCUT2D eigenvalue weighted by Crippen LogP contribution is -2.01. The van der Waals surface area contributed by atoms with Gasteiger partial charge in [0.15, 0.2) is 17.5 Å². The van der Waals surface area contributed by atoms with E-state index in [1.54, 1.807) is 0 Å².